The van der Waals surface area contributed by atoms with Gasteiger partial charge in [0.2, 0.25) is 5.91 Å². The van der Waals surface area contributed by atoms with Crippen LogP contribution in [0.25, 0.3) is 0 Å². The van der Waals surface area contributed by atoms with Crippen molar-refractivity contribution in [2.75, 3.05) is 13.1 Å². The van der Waals surface area contributed by atoms with Gasteiger partial charge in [0.25, 0.3) is 0 Å². The highest BCUT2D eigenvalue weighted by molar-refractivity contribution is 5.81. The Morgan fingerprint density at radius 3 is 2.68 bits per heavy atom. The van der Waals surface area contributed by atoms with Gasteiger partial charge in [-0.1, -0.05) is 6.07 Å². The number of nitrogens with one attached hydrogen (secondary N) is 1. The third-order valence-corrected chi connectivity index (χ3v) is 3.46. The second-order valence-electron chi connectivity index (χ2n) is 4.95. The number of nitrogens with zero attached hydrogens (tertiary/aromatic N) is 1. The van der Waals surface area contributed by atoms with E-state index in [1.165, 1.54) is 12.1 Å². The van der Waals surface area contributed by atoms with Crippen LogP contribution in [0.2, 0.25) is 0 Å². The van der Waals surface area contributed by atoms with Gasteiger partial charge in [0.05, 0.1) is 6.04 Å². The number of hydrogen-bond acceptors (Lipinski definition) is 4. The number of phenolic OH excluding ortho intramolecular Hbond substituents is 2. The second kappa shape index (κ2) is 5.93. The smallest absolute Gasteiger partial charge is 0.239 e. The van der Waals surface area contributed by atoms with Crippen molar-refractivity contribution in [3.63, 3.8) is 0 Å². The van der Waals surface area contributed by atoms with Crippen LogP contribution in [-0.2, 0) is 11.3 Å². The number of carbonyl (C=O) groups is 1. The highest BCUT2D eigenvalue weighted by Gasteiger charge is 2.22. The zero-order valence-electron chi connectivity index (χ0n) is 11.1. The van der Waals surface area contributed by atoms with Crippen molar-refractivity contribution >= 4 is 5.91 Å². The van der Waals surface area contributed by atoms with Gasteiger partial charge in [0, 0.05) is 31.3 Å². The molecule has 0 bridgehead atoms. The van der Waals surface area contributed by atoms with Crippen LogP contribution in [0.5, 0.6) is 11.5 Å². The molecular weight excluding hydrogens is 244 g/mol. The van der Waals surface area contributed by atoms with E-state index in [2.05, 4.69) is 5.32 Å². The summed E-state index contributed by atoms with van der Waals surface area (Å²) in [6, 6.07) is 4.18. The molecule has 5 nitrogen and oxygen atoms in total. The van der Waals surface area contributed by atoms with Gasteiger partial charge < -0.3 is 20.4 Å². The first-order chi connectivity index (χ1) is 9.08. The normalized spacial score (nSPS) is 16.6. The van der Waals surface area contributed by atoms with E-state index in [1.54, 1.807) is 6.07 Å². The van der Waals surface area contributed by atoms with Gasteiger partial charge in [-0.25, -0.2) is 0 Å². The average Bonchev–Trinajstić information content (AvgIpc) is 2.90. The Kier molecular flexibility index (Phi) is 4.27. The van der Waals surface area contributed by atoms with Crippen LogP contribution in [0.4, 0.5) is 0 Å². The number of rotatable bonds is 4. The van der Waals surface area contributed by atoms with Crippen LogP contribution < -0.4 is 5.32 Å². The van der Waals surface area contributed by atoms with E-state index >= 15 is 0 Å². The summed E-state index contributed by atoms with van der Waals surface area (Å²) in [5, 5.41) is 22.0. The fourth-order valence-corrected chi connectivity index (χ4v) is 2.26. The molecule has 1 aliphatic heterocycles. The third kappa shape index (κ3) is 3.38. The maximum atomic E-state index is 12.1. The summed E-state index contributed by atoms with van der Waals surface area (Å²) in [4.78, 5) is 13.9. The van der Waals surface area contributed by atoms with E-state index in [0.29, 0.717) is 12.1 Å². The van der Waals surface area contributed by atoms with Crippen molar-refractivity contribution in [3.05, 3.63) is 23.8 Å². The van der Waals surface area contributed by atoms with Crippen LogP contribution in [0.3, 0.4) is 0 Å². The molecule has 1 amide bonds. The minimum atomic E-state index is -0.272. The summed E-state index contributed by atoms with van der Waals surface area (Å²) in [6.45, 7) is 3.91. The summed E-state index contributed by atoms with van der Waals surface area (Å²) in [6.07, 6.45) is 2.16. The molecule has 0 aromatic heterocycles. The molecule has 1 heterocycles. The molecule has 1 aromatic carbocycles. The molecule has 5 heteroatoms. The number of carbonyl (C=O) groups excluding carboxylic acids is 1. The van der Waals surface area contributed by atoms with E-state index in [4.69, 9.17) is 0 Å². The molecule has 1 unspecified atom stereocenters. The first kappa shape index (κ1) is 13.7. The molecular formula is C14H20N2O3. The largest absolute Gasteiger partial charge is 0.508 e. The van der Waals surface area contributed by atoms with Crippen molar-refractivity contribution in [2.45, 2.75) is 32.4 Å². The van der Waals surface area contributed by atoms with Crippen molar-refractivity contribution in [3.8, 4) is 11.5 Å². The first-order valence-corrected chi connectivity index (χ1v) is 6.61. The molecule has 0 aliphatic carbocycles. The Hall–Kier alpha value is -1.75. The van der Waals surface area contributed by atoms with E-state index in [9.17, 15) is 15.0 Å². The van der Waals surface area contributed by atoms with Crippen molar-refractivity contribution in [2.24, 2.45) is 0 Å². The lowest BCUT2D eigenvalue weighted by Crippen LogP contribution is -2.43. The minimum absolute atomic E-state index is 0.0300. The molecule has 1 saturated heterocycles. The predicted octanol–water partition coefficient (Wildman–Crippen LogP) is 1.20. The molecule has 3 N–H and O–H groups in total. The molecule has 1 aliphatic rings. The summed E-state index contributed by atoms with van der Waals surface area (Å²) in [5.41, 5.74) is 0.666. The highest BCUT2D eigenvalue weighted by Crippen LogP contribution is 2.22. The Morgan fingerprint density at radius 1 is 1.37 bits per heavy atom. The zero-order chi connectivity index (χ0) is 13.8. The van der Waals surface area contributed by atoms with E-state index in [1.807, 2.05) is 11.8 Å². The van der Waals surface area contributed by atoms with Crippen molar-refractivity contribution in [1.82, 2.24) is 10.2 Å². The third-order valence-electron chi connectivity index (χ3n) is 3.46. The van der Waals surface area contributed by atoms with Gasteiger partial charge in [0.1, 0.15) is 11.5 Å². The fourth-order valence-electron chi connectivity index (χ4n) is 2.26. The monoisotopic (exact) mass is 264 g/mol. The fraction of sp³-hybridized carbons (Fsp3) is 0.500. The molecule has 2 rings (SSSR count). The standard InChI is InChI=1S/C14H20N2O3/c1-10(14(19)16-6-2-3-7-16)15-9-11-4-5-12(17)8-13(11)18/h4-5,8,10,15,17-18H,2-3,6-7,9H2,1H3. The second-order valence-corrected chi connectivity index (χ2v) is 4.95. The van der Waals surface area contributed by atoms with Crippen LogP contribution in [0.1, 0.15) is 25.3 Å². The van der Waals surface area contributed by atoms with Crippen LogP contribution in [-0.4, -0.2) is 40.2 Å². The van der Waals surface area contributed by atoms with Crippen molar-refractivity contribution < 1.29 is 15.0 Å². The van der Waals surface area contributed by atoms with Crippen molar-refractivity contribution in [1.29, 1.82) is 0 Å². The number of aromatic hydroxyl groups is 2. The molecule has 1 aromatic rings. The van der Waals surface area contributed by atoms with Gasteiger partial charge in [-0.15, -0.1) is 0 Å². The molecule has 0 radical (unpaired) electrons. The van der Waals surface area contributed by atoms with E-state index in [-0.39, 0.29) is 23.4 Å². The lowest BCUT2D eigenvalue weighted by Gasteiger charge is -2.21. The van der Waals surface area contributed by atoms with E-state index < -0.39 is 0 Å². The zero-order valence-corrected chi connectivity index (χ0v) is 11.1. The predicted molar refractivity (Wildman–Crippen MR) is 71.9 cm³/mol. The molecule has 0 saturated carbocycles. The average molecular weight is 264 g/mol. The summed E-state index contributed by atoms with van der Waals surface area (Å²) >= 11 is 0. The summed E-state index contributed by atoms with van der Waals surface area (Å²) < 4.78 is 0. The van der Waals surface area contributed by atoms with Gasteiger partial charge in [-0.05, 0) is 25.8 Å². The Bertz CT molecular complexity index is 456. The van der Waals surface area contributed by atoms with Crippen LogP contribution in [0, 0.1) is 0 Å². The maximum absolute atomic E-state index is 12.1. The van der Waals surface area contributed by atoms with Crippen LogP contribution >= 0.6 is 0 Å². The number of likely N-dealkylation sites (tertiary alicyclic amines) is 1. The van der Waals surface area contributed by atoms with Gasteiger partial charge in [-0.2, -0.15) is 0 Å². The Balaban J connectivity index is 1.88. The summed E-state index contributed by atoms with van der Waals surface area (Å²) in [5.74, 6) is 0.173. The summed E-state index contributed by atoms with van der Waals surface area (Å²) in [7, 11) is 0. The Labute approximate surface area is 112 Å². The number of benzene rings is 1. The van der Waals surface area contributed by atoms with Gasteiger partial charge in [-0.3, -0.25) is 4.79 Å². The lowest BCUT2D eigenvalue weighted by atomic mass is 10.1. The molecule has 0 spiro atoms. The Morgan fingerprint density at radius 2 is 2.05 bits per heavy atom. The molecule has 1 atom stereocenters. The highest BCUT2D eigenvalue weighted by atomic mass is 16.3. The topological polar surface area (TPSA) is 72.8 Å². The molecule has 1 fully saturated rings. The van der Waals surface area contributed by atoms with Gasteiger partial charge in [0.15, 0.2) is 0 Å². The van der Waals surface area contributed by atoms with Gasteiger partial charge >= 0.3 is 0 Å². The number of hydrogen-bond donors (Lipinski definition) is 3. The SMILES string of the molecule is CC(NCc1ccc(O)cc1O)C(=O)N1CCCC1. The minimum Gasteiger partial charge on any atom is -0.508 e. The van der Waals surface area contributed by atoms with E-state index in [0.717, 1.165) is 25.9 Å². The quantitative estimate of drug-likeness (QED) is 0.764. The number of amides is 1. The maximum Gasteiger partial charge on any atom is 0.239 e. The lowest BCUT2D eigenvalue weighted by molar-refractivity contribution is -0.131. The molecule has 19 heavy (non-hydrogen) atoms. The molecule has 104 valence electrons. The van der Waals surface area contributed by atoms with Crippen LogP contribution in [0.15, 0.2) is 18.2 Å². The number of phenols is 2. The first-order valence-electron chi connectivity index (χ1n) is 6.61.